The second-order valence-electron chi connectivity index (χ2n) is 3.38. The number of hydrogen-bond donors (Lipinski definition) is 1. The van der Waals surface area contributed by atoms with Crippen LogP contribution in [0.4, 0.5) is 5.69 Å². The van der Waals surface area contributed by atoms with Gasteiger partial charge in [-0.15, -0.1) is 0 Å². The van der Waals surface area contributed by atoms with Gasteiger partial charge in [0.1, 0.15) is 11.8 Å². The Kier molecular flexibility index (Phi) is 3.03. The summed E-state index contributed by atoms with van der Waals surface area (Å²) in [4.78, 5) is 4.19. The summed E-state index contributed by atoms with van der Waals surface area (Å²) in [5, 5.41) is 13.3. The molecule has 0 saturated heterocycles. The van der Waals surface area contributed by atoms with Crippen LogP contribution in [0.2, 0.25) is 5.02 Å². The first kappa shape index (κ1) is 11.5. The zero-order valence-corrected chi connectivity index (χ0v) is 10.2. The third-order valence-corrected chi connectivity index (χ3v) is 2.83. The van der Waals surface area contributed by atoms with Gasteiger partial charge in [-0.25, -0.2) is 0 Å². The third-order valence-electron chi connectivity index (χ3n) is 2.52. The monoisotopic (exact) mass is 247 g/mol. The number of ether oxygens (including phenoxy) is 1. The van der Waals surface area contributed by atoms with Crippen molar-refractivity contribution in [2.24, 2.45) is 0 Å². The molecule has 0 aliphatic heterocycles. The van der Waals surface area contributed by atoms with E-state index in [0.717, 1.165) is 5.39 Å². The summed E-state index contributed by atoms with van der Waals surface area (Å²) in [7, 11) is 3.32. The molecule has 0 unspecified atom stereocenters. The summed E-state index contributed by atoms with van der Waals surface area (Å²) in [6.07, 6.45) is 1.50. The lowest BCUT2D eigenvalue weighted by molar-refractivity contribution is 0.420. The number of nitriles is 1. The second-order valence-corrected chi connectivity index (χ2v) is 3.79. The van der Waals surface area contributed by atoms with Crippen LogP contribution in [0.1, 0.15) is 5.56 Å². The first-order chi connectivity index (χ1) is 8.22. The maximum absolute atomic E-state index is 9.04. The molecule has 1 aromatic carbocycles. The van der Waals surface area contributed by atoms with E-state index in [9.17, 15) is 0 Å². The zero-order chi connectivity index (χ0) is 12.4. The van der Waals surface area contributed by atoms with Gasteiger partial charge >= 0.3 is 0 Å². The smallest absolute Gasteiger partial charge is 0.130 e. The second kappa shape index (κ2) is 4.48. The Morgan fingerprint density at radius 1 is 1.47 bits per heavy atom. The van der Waals surface area contributed by atoms with E-state index in [1.54, 1.807) is 26.3 Å². The Hall–Kier alpha value is -1.99. The molecule has 0 amide bonds. The zero-order valence-electron chi connectivity index (χ0n) is 9.41. The van der Waals surface area contributed by atoms with Crippen molar-refractivity contribution in [2.75, 3.05) is 19.5 Å². The minimum atomic E-state index is 0.459. The summed E-state index contributed by atoms with van der Waals surface area (Å²) < 4.78 is 5.28. The predicted octanol–water partition coefficient (Wildman–Crippen LogP) is 2.81. The van der Waals surface area contributed by atoms with E-state index in [4.69, 9.17) is 21.6 Å². The van der Waals surface area contributed by atoms with Crippen molar-refractivity contribution in [3.05, 3.63) is 28.9 Å². The van der Waals surface area contributed by atoms with Crippen LogP contribution in [0, 0.1) is 11.3 Å². The number of rotatable bonds is 2. The van der Waals surface area contributed by atoms with E-state index >= 15 is 0 Å². The molecule has 2 aromatic rings. The van der Waals surface area contributed by atoms with E-state index in [0.29, 0.717) is 27.5 Å². The minimum Gasteiger partial charge on any atom is -0.496 e. The number of pyridine rings is 1. The Morgan fingerprint density at radius 2 is 2.24 bits per heavy atom. The van der Waals surface area contributed by atoms with Gasteiger partial charge in [0.2, 0.25) is 0 Å². The maximum Gasteiger partial charge on any atom is 0.130 e. The van der Waals surface area contributed by atoms with Crippen LogP contribution >= 0.6 is 11.6 Å². The molecule has 86 valence electrons. The van der Waals surface area contributed by atoms with Gasteiger partial charge in [-0.3, -0.25) is 4.98 Å². The number of nitrogens with zero attached hydrogens (tertiary/aromatic N) is 2. The number of methoxy groups -OCH3 is 1. The maximum atomic E-state index is 9.04. The fraction of sp³-hybridized carbons (Fsp3) is 0.167. The molecule has 0 spiro atoms. The Bertz CT molecular complexity index is 619. The third kappa shape index (κ3) is 1.75. The molecule has 0 aliphatic rings. The average molecular weight is 248 g/mol. The van der Waals surface area contributed by atoms with Gasteiger partial charge in [0.15, 0.2) is 0 Å². The first-order valence-electron chi connectivity index (χ1n) is 4.96. The summed E-state index contributed by atoms with van der Waals surface area (Å²) in [5.41, 5.74) is 1.76. The lowest BCUT2D eigenvalue weighted by atomic mass is 10.1. The van der Waals surface area contributed by atoms with Gasteiger partial charge in [0.25, 0.3) is 0 Å². The van der Waals surface area contributed by atoms with Crippen molar-refractivity contribution in [1.29, 1.82) is 5.26 Å². The van der Waals surface area contributed by atoms with Crippen molar-refractivity contribution < 1.29 is 4.74 Å². The van der Waals surface area contributed by atoms with Crippen molar-refractivity contribution in [2.45, 2.75) is 0 Å². The Morgan fingerprint density at radius 3 is 2.82 bits per heavy atom. The number of anilines is 1. The number of nitrogens with one attached hydrogen (secondary N) is 1. The average Bonchev–Trinajstić information content (AvgIpc) is 2.38. The van der Waals surface area contributed by atoms with Crippen LogP contribution < -0.4 is 10.1 Å². The highest BCUT2D eigenvalue weighted by Gasteiger charge is 2.14. The molecule has 1 N–H and O–H groups in total. The SMILES string of the molecule is CNc1c(C#N)cnc2c(Cl)ccc(OC)c12. The number of hydrogen-bond acceptors (Lipinski definition) is 4. The number of aromatic nitrogens is 1. The number of halogens is 1. The molecular formula is C12H10ClN3O. The van der Waals surface area contributed by atoms with Crippen molar-refractivity contribution >= 4 is 28.2 Å². The molecule has 0 fully saturated rings. The van der Waals surface area contributed by atoms with Crippen LogP contribution in [0.25, 0.3) is 10.9 Å². The quantitative estimate of drug-likeness (QED) is 0.887. The van der Waals surface area contributed by atoms with Crippen molar-refractivity contribution in [3.8, 4) is 11.8 Å². The molecule has 0 radical (unpaired) electrons. The van der Waals surface area contributed by atoms with E-state index in [-0.39, 0.29) is 0 Å². The van der Waals surface area contributed by atoms with Gasteiger partial charge in [-0.1, -0.05) is 11.6 Å². The van der Waals surface area contributed by atoms with Crippen LogP contribution in [0.15, 0.2) is 18.3 Å². The normalized spacial score (nSPS) is 10.0. The molecule has 0 atom stereocenters. The fourth-order valence-corrected chi connectivity index (χ4v) is 1.96. The lowest BCUT2D eigenvalue weighted by Gasteiger charge is -2.12. The largest absolute Gasteiger partial charge is 0.496 e. The topological polar surface area (TPSA) is 57.9 Å². The molecule has 2 rings (SSSR count). The van der Waals surface area contributed by atoms with Gasteiger partial charge in [-0.2, -0.15) is 5.26 Å². The standard InChI is InChI=1S/C12H10ClN3O/c1-15-11-7(5-14)6-16-12-8(13)3-4-9(17-2)10(11)12/h3-4,6H,1-2H3,(H,15,16). The van der Waals surface area contributed by atoms with Gasteiger partial charge in [0.05, 0.1) is 34.3 Å². The molecule has 1 heterocycles. The Balaban J connectivity index is 2.96. The summed E-state index contributed by atoms with van der Waals surface area (Å²) in [5.74, 6) is 0.637. The molecule has 0 saturated carbocycles. The highest BCUT2D eigenvalue weighted by molar-refractivity contribution is 6.35. The molecule has 4 nitrogen and oxygen atoms in total. The summed E-state index contributed by atoms with van der Waals surface area (Å²) in [6, 6.07) is 5.57. The van der Waals surface area contributed by atoms with Crippen LogP contribution in [-0.2, 0) is 0 Å². The van der Waals surface area contributed by atoms with E-state index in [1.807, 2.05) is 0 Å². The molecule has 5 heteroatoms. The van der Waals surface area contributed by atoms with E-state index in [1.165, 1.54) is 6.20 Å². The highest BCUT2D eigenvalue weighted by Crippen LogP contribution is 2.36. The lowest BCUT2D eigenvalue weighted by Crippen LogP contribution is -1.98. The van der Waals surface area contributed by atoms with E-state index in [2.05, 4.69) is 16.4 Å². The molecule has 0 aliphatic carbocycles. The molecule has 1 aromatic heterocycles. The van der Waals surface area contributed by atoms with E-state index < -0.39 is 0 Å². The van der Waals surface area contributed by atoms with Crippen molar-refractivity contribution in [3.63, 3.8) is 0 Å². The first-order valence-corrected chi connectivity index (χ1v) is 5.33. The number of benzene rings is 1. The molecule has 0 bridgehead atoms. The predicted molar refractivity (Wildman–Crippen MR) is 67.6 cm³/mol. The van der Waals surface area contributed by atoms with Crippen molar-refractivity contribution in [1.82, 2.24) is 4.98 Å². The summed E-state index contributed by atoms with van der Waals surface area (Å²) >= 11 is 6.08. The molecule has 17 heavy (non-hydrogen) atoms. The fourth-order valence-electron chi connectivity index (χ4n) is 1.76. The van der Waals surface area contributed by atoms with Gasteiger partial charge in [-0.05, 0) is 12.1 Å². The van der Waals surface area contributed by atoms with Crippen LogP contribution in [0.5, 0.6) is 5.75 Å². The number of fused-ring (bicyclic) bond motifs is 1. The van der Waals surface area contributed by atoms with Crippen LogP contribution in [-0.4, -0.2) is 19.1 Å². The summed E-state index contributed by atoms with van der Waals surface area (Å²) in [6.45, 7) is 0. The van der Waals surface area contributed by atoms with Crippen LogP contribution in [0.3, 0.4) is 0 Å². The molecular weight excluding hydrogens is 238 g/mol. The minimum absolute atomic E-state index is 0.459. The highest BCUT2D eigenvalue weighted by atomic mass is 35.5. The Labute approximate surface area is 104 Å². The van der Waals surface area contributed by atoms with Gasteiger partial charge in [0, 0.05) is 13.2 Å². The van der Waals surface area contributed by atoms with Gasteiger partial charge < -0.3 is 10.1 Å².